The average Bonchev–Trinajstić information content (AvgIpc) is 1.88. The normalized spacial score (nSPS) is 26.4. The second-order valence-corrected chi connectivity index (χ2v) is 23.1. The van der Waals surface area contributed by atoms with E-state index in [2.05, 4.69) is 22.2 Å². The van der Waals surface area contributed by atoms with Crippen molar-refractivity contribution in [2.45, 2.75) is 145 Å². The zero-order valence-corrected chi connectivity index (χ0v) is 46.6. The van der Waals surface area contributed by atoms with Gasteiger partial charge < -0.3 is 77.2 Å². The number of hydrogen-bond donors (Lipinski definition) is 11. The van der Waals surface area contributed by atoms with E-state index in [-0.39, 0.29) is 106 Å². The lowest BCUT2D eigenvalue weighted by Crippen LogP contribution is -2.69. The summed E-state index contributed by atoms with van der Waals surface area (Å²) in [5.74, 6) is -1.72. The number of aldehydes is 1. The maximum atomic E-state index is 16.2. The van der Waals surface area contributed by atoms with Crippen molar-refractivity contribution in [3.8, 4) is 29.1 Å². The number of guanidine groups is 1. The molecule has 0 spiro atoms. The number of phenolic OH excluding ortho intramolecular Hbond substituents is 1. The molecule has 440 valence electrons. The fourth-order valence-corrected chi connectivity index (χ4v) is 13.8. The number of aliphatic hydroxyl groups excluding tert-OH is 3. The first-order chi connectivity index (χ1) is 39.8. The number of carbonyl (C=O) groups excluding carboxylic acids is 4. The first-order valence-electron chi connectivity index (χ1n) is 28.5. The fourth-order valence-electron chi connectivity index (χ4n) is 13.8. The molecule has 0 aromatic heterocycles. The summed E-state index contributed by atoms with van der Waals surface area (Å²) in [7, 11) is 1.84. The maximum absolute atomic E-state index is 16.2. The molecule has 10 rings (SSSR count). The Balaban J connectivity index is 1.25. The first-order valence-corrected chi connectivity index (χ1v) is 28.5. The van der Waals surface area contributed by atoms with Crippen LogP contribution in [0.25, 0.3) is 12.2 Å². The van der Waals surface area contributed by atoms with Crippen LogP contribution in [0.2, 0.25) is 0 Å². The number of hydrogen-bond acceptors (Lipinski definition) is 18. The molecule has 0 radical (unpaired) electrons. The molecule has 3 fully saturated rings. The number of aryl methyl sites for hydroxylation is 1. The Morgan fingerprint density at radius 1 is 0.964 bits per heavy atom. The van der Waals surface area contributed by atoms with Gasteiger partial charge in [-0.2, -0.15) is 0 Å². The Hall–Kier alpha value is -6.87. The van der Waals surface area contributed by atoms with Gasteiger partial charge in [0, 0.05) is 58.7 Å². The maximum Gasteiger partial charge on any atom is 0.308 e. The fraction of sp³-hybridized carbons (Fsp3) is 0.476. The van der Waals surface area contributed by atoms with E-state index in [0.717, 1.165) is 30.9 Å². The molecule has 1 saturated heterocycles. The quantitative estimate of drug-likeness (QED) is 0.0111. The summed E-state index contributed by atoms with van der Waals surface area (Å²) in [5.41, 5.74) is 17.5. The van der Waals surface area contributed by atoms with Crippen LogP contribution in [0.1, 0.15) is 157 Å². The number of esters is 1. The SMILES string of the molecule is CNCC1CC2CCc3ccc(Cc4c(O)c5c6c(c4OC4OC(C7CCCC7)C(O)C(O)(O)C4OCCN=C(N)N)CC#CC(N)CCC(O)Cc4cccc(c4)C=Cc4c(OC(C)=O)cc(CO)c(c4C6=O)C5=O)c(C=O)c3C2(O)C1. The summed E-state index contributed by atoms with van der Waals surface area (Å²) in [6.45, 7) is 0.398. The zero-order valence-electron chi connectivity index (χ0n) is 46.6. The highest BCUT2D eigenvalue weighted by molar-refractivity contribution is 6.32. The van der Waals surface area contributed by atoms with Gasteiger partial charge in [0.1, 0.15) is 23.4 Å². The van der Waals surface area contributed by atoms with Crippen LogP contribution in [0.15, 0.2) is 47.5 Å². The van der Waals surface area contributed by atoms with Crippen molar-refractivity contribution in [2.24, 2.45) is 39.9 Å². The van der Waals surface area contributed by atoms with Gasteiger partial charge in [0.15, 0.2) is 29.9 Å². The van der Waals surface area contributed by atoms with Gasteiger partial charge in [-0.25, -0.2) is 0 Å². The number of benzene rings is 4. The molecule has 20 heteroatoms. The number of fused-ring (bicyclic) bond motifs is 5. The minimum atomic E-state index is -3.11. The van der Waals surface area contributed by atoms with Crippen molar-refractivity contribution in [1.29, 1.82) is 0 Å². The average molecular weight is 1140 g/mol. The van der Waals surface area contributed by atoms with E-state index in [1.807, 2.05) is 25.2 Å². The summed E-state index contributed by atoms with van der Waals surface area (Å²) in [4.78, 5) is 62.6. The predicted octanol–water partition coefficient (Wildman–Crippen LogP) is 3.10. The van der Waals surface area contributed by atoms with E-state index in [1.54, 1.807) is 24.3 Å². The number of aliphatic hydroxyl groups is 6. The van der Waals surface area contributed by atoms with Gasteiger partial charge in [-0.1, -0.05) is 67.2 Å². The third-order valence-corrected chi connectivity index (χ3v) is 17.6. The molecule has 0 amide bonds. The van der Waals surface area contributed by atoms with Gasteiger partial charge >= 0.3 is 5.97 Å². The number of aromatic hydroxyl groups is 1. The van der Waals surface area contributed by atoms with E-state index < -0.39 is 108 Å². The van der Waals surface area contributed by atoms with Crippen LogP contribution in [0.3, 0.4) is 0 Å². The smallest absolute Gasteiger partial charge is 0.308 e. The monoisotopic (exact) mass is 1140 g/mol. The molecule has 14 N–H and O–H groups in total. The number of ether oxygens (including phenoxy) is 4. The van der Waals surface area contributed by atoms with Crippen molar-refractivity contribution in [2.75, 3.05) is 26.7 Å². The number of carbonyl (C=O) groups is 4. The lowest BCUT2D eigenvalue weighted by molar-refractivity contribution is -0.386. The number of nitrogens with one attached hydrogen (secondary N) is 1. The van der Waals surface area contributed by atoms with Crippen molar-refractivity contribution >= 4 is 41.9 Å². The molecule has 6 aliphatic rings. The molecule has 9 atom stereocenters. The highest BCUT2D eigenvalue weighted by atomic mass is 16.7. The van der Waals surface area contributed by atoms with E-state index in [0.29, 0.717) is 62.5 Å². The van der Waals surface area contributed by atoms with Crippen LogP contribution in [0.4, 0.5) is 0 Å². The van der Waals surface area contributed by atoms with Crippen LogP contribution in [0, 0.1) is 29.6 Å². The molecule has 9 unspecified atom stereocenters. The molecule has 1 aliphatic heterocycles. The molecular formula is C63H73N5O15. The van der Waals surface area contributed by atoms with Crippen LogP contribution in [-0.4, -0.2) is 135 Å². The molecule has 4 aromatic carbocycles. The van der Waals surface area contributed by atoms with Crippen molar-refractivity contribution in [3.05, 3.63) is 120 Å². The van der Waals surface area contributed by atoms with Gasteiger partial charge in [0.05, 0.1) is 49.2 Å². The topological polar surface area (TPSA) is 349 Å². The van der Waals surface area contributed by atoms with Gasteiger partial charge in [-0.3, -0.25) is 24.2 Å². The standard InChI is InChI=1S/C63H73N5O15/c1-32(71)81-47-27-39(30-69)48-49-43(47)20-13-33-7-5-8-34(23-33)25-42(72)19-18-41(64)11-6-12-44-50(55(49)75)51(54(48)74)53(73)45(26-38-15-14-36-16-17-40-24-35(29-67-2)28-62(40,77)52(36)46(38)31-70)57(44)83-60-59(80-22-21-68-61(65)66)63(78,79)58(76)56(82-60)37-9-3-4-10-37/h5,7-8,13-15,20,23,27,31,35,37,40-42,56,58-60,67,69,72-73,76-79H,3-4,9-10,12,16-19,21-22,24-26,28-30,64H2,1-2H3,(H4,65,66,68). The number of nitrogens with two attached hydrogens (primary N) is 3. The van der Waals surface area contributed by atoms with Crippen LogP contribution < -0.4 is 32.0 Å². The van der Waals surface area contributed by atoms with Crippen molar-refractivity contribution in [3.63, 3.8) is 0 Å². The number of rotatable bonds is 14. The molecular weight excluding hydrogens is 1070 g/mol. The Morgan fingerprint density at radius 3 is 2.46 bits per heavy atom. The lowest BCUT2D eigenvalue weighted by atomic mass is 9.70. The summed E-state index contributed by atoms with van der Waals surface area (Å²) in [5, 5.41) is 87.6. The minimum Gasteiger partial charge on any atom is -0.507 e. The van der Waals surface area contributed by atoms with Crippen LogP contribution >= 0.6 is 0 Å². The Labute approximate surface area is 480 Å². The van der Waals surface area contributed by atoms with E-state index >= 15 is 9.59 Å². The van der Waals surface area contributed by atoms with Gasteiger partial charge in [-0.15, -0.1) is 0 Å². The third-order valence-electron chi connectivity index (χ3n) is 17.6. The molecule has 5 aliphatic carbocycles. The Kier molecular flexibility index (Phi) is 17.4. The van der Waals surface area contributed by atoms with Crippen LogP contribution in [-0.2, 0) is 52.2 Å². The summed E-state index contributed by atoms with van der Waals surface area (Å²) >= 11 is 0. The van der Waals surface area contributed by atoms with E-state index in [4.69, 9.17) is 36.1 Å². The summed E-state index contributed by atoms with van der Waals surface area (Å²) in [6, 6.07) is 11.2. The first kappa shape index (κ1) is 59.3. The highest BCUT2D eigenvalue weighted by Crippen LogP contribution is 2.55. The molecule has 4 aromatic rings. The third kappa shape index (κ3) is 11.5. The zero-order chi connectivity index (χ0) is 59.1. The summed E-state index contributed by atoms with van der Waals surface area (Å²) < 4.78 is 25.5. The number of ketones is 2. The summed E-state index contributed by atoms with van der Waals surface area (Å²) in [6.07, 6.45) is 0.650. The van der Waals surface area contributed by atoms with Crippen molar-refractivity contribution < 1.29 is 73.9 Å². The Morgan fingerprint density at radius 2 is 1.73 bits per heavy atom. The van der Waals surface area contributed by atoms with E-state index in [9.17, 15) is 45.3 Å². The highest BCUT2D eigenvalue weighted by Gasteiger charge is 2.59. The molecule has 83 heavy (non-hydrogen) atoms. The van der Waals surface area contributed by atoms with Gasteiger partial charge in [0.2, 0.25) is 12.1 Å². The number of aliphatic imine (C=N–C) groups is 1. The lowest BCUT2D eigenvalue weighted by Gasteiger charge is -2.48. The van der Waals surface area contributed by atoms with Crippen LogP contribution in [0.5, 0.6) is 17.2 Å². The molecule has 4 bridgehead atoms. The molecule has 1 heterocycles. The second-order valence-electron chi connectivity index (χ2n) is 23.1. The van der Waals surface area contributed by atoms with Gasteiger partial charge in [-0.05, 0) is 135 Å². The van der Waals surface area contributed by atoms with Crippen molar-refractivity contribution in [1.82, 2.24) is 5.32 Å². The predicted molar refractivity (Wildman–Crippen MR) is 304 cm³/mol. The molecule has 2 saturated carbocycles. The van der Waals surface area contributed by atoms with Gasteiger partial charge in [0.25, 0.3) is 0 Å². The minimum absolute atomic E-state index is 0.0403. The molecule has 20 nitrogen and oxygen atoms in total. The van der Waals surface area contributed by atoms with E-state index in [1.165, 1.54) is 12.1 Å². The second kappa shape index (κ2) is 24.4. The largest absolute Gasteiger partial charge is 0.507 e. The Bertz CT molecular complexity index is 3340. The number of phenols is 1. The number of nitrogens with zero attached hydrogens (tertiary/aromatic N) is 1.